The van der Waals surface area contributed by atoms with Gasteiger partial charge in [-0.05, 0) is 48.5 Å². The minimum absolute atomic E-state index is 0.113. The van der Waals surface area contributed by atoms with Gasteiger partial charge in [-0.3, -0.25) is 4.72 Å². The zero-order valence-corrected chi connectivity index (χ0v) is 16.9. The molecule has 1 saturated heterocycles. The van der Waals surface area contributed by atoms with Crippen molar-refractivity contribution in [1.29, 1.82) is 0 Å². The number of sulfonamides is 1. The van der Waals surface area contributed by atoms with Gasteiger partial charge in [0.1, 0.15) is 17.3 Å². The highest BCUT2D eigenvalue weighted by atomic mass is 35.5. The van der Waals surface area contributed by atoms with Crippen molar-refractivity contribution in [3.05, 3.63) is 71.9 Å². The van der Waals surface area contributed by atoms with Crippen LogP contribution in [0, 0.1) is 0 Å². The molecule has 1 fully saturated rings. The Bertz CT molecular complexity index is 1100. The van der Waals surface area contributed by atoms with Crippen molar-refractivity contribution in [1.82, 2.24) is 4.98 Å². The smallest absolute Gasteiger partial charge is 0.261 e. The second-order valence-corrected chi connectivity index (χ2v) is 8.77. The lowest BCUT2D eigenvalue weighted by atomic mass is 10.1. The van der Waals surface area contributed by atoms with Crippen LogP contribution in [-0.2, 0) is 10.0 Å². The van der Waals surface area contributed by atoms with E-state index in [9.17, 15) is 8.42 Å². The first kappa shape index (κ1) is 19.5. The van der Waals surface area contributed by atoms with Crippen LogP contribution < -0.4 is 20.1 Å². The average molecular weight is 431 g/mol. The molecule has 1 aliphatic rings. The first-order valence-corrected chi connectivity index (χ1v) is 10.8. The van der Waals surface area contributed by atoms with Gasteiger partial charge < -0.3 is 15.4 Å². The van der Waals surface area contributed by atoms with Gasteiger partial charge in [-0.2, -0.15) is 0 Å². The lowest BCUT2D eigenvalue weighted by Gasteiger charge is -2.37. The summed E-state index contributed by atoms with van der Waals surface area (Å²) in [6.07, 6.45) is 1.49. The summed E-state index contributed by atoms with van der Waals surface area (Å²) >= 11 is 6.07. The lowest BCUT2D eigenvalue weighted by molar-refractivity contribution is 0.482. The van der Waals surface area contributed by atoms with Crippen molar-refractivity contribution >= 4 is 33.1 Å². The molecule has 1 aliphatic heterocycles. The maximum Gasteiger partial charge on any atom is 0.261 e. The van der Waals surface area contributed by atoms with Crippen LogP contribution in [0.4, 0.5) is 11.5 Å². The van der Waals surface area contributed by atoms with Gasteiger partial charge in [-0.25, -0.2) is 13.4 Å². The molecule has 2 aromatic carbocycles. The second kappa shape index (κ2) is 7.90. The van der Waals surface area contributed by atoms with E-state index < -0.39 is 10.0 Å². The average Bonchev–Trinajstić information content (AvgIpc) is 2.68. The number of para-hydroxylation sites is 1. The Kier molecular flexibility index (Phi) is 5.31. The van der Waals surface area contributed by atoms with Crippen molar-refractivity contribution in [2.24, 2.45) is 5.73 Å². The van der Waals surface area contributed by atoms with E-state index >= 15 is 0 Å². The van der Waals surface area contributed by atoms with E-state index in [1.165, 1.54) is 18.3 Å². The van der Waals surface area contributed by atoms with Gasteiger partial charge in [0, 0.05) is 19.1 Å². The maximum atomic E-state index is 12.6. The Morgan fingerprint density at radius 3 is 2.41 bits per heavy atom. The van der Waals surface area contributed by atoms with Gasteiger partial charge in [-0.1, -0.05) is 23.7 Å². The fraction of sp³-hybridized carbons (Fsp3) is 0.150. The number of nitrogens with two attached hydrogens (primary N) is 1. The zero-order chi connectivity index (χ0) is 20.4. The second-order valence-electron chi connectivity index (χ2n) is 6.68. The lowest BCUT2D eigenvalue weighted by Crippen LogP contribution is -2.56. The third-order valence-electron chi connectivity index (χ3n) is 4.43. The normalized spacial score (nSPS) is 14.3. The van der Waals surface area contributed by atoms with Crippen LogP contribution in [0.5, 0.6) is 11.5 Å². The molecule has 7 nitrogen and oxygen atoms in total. The van der Waals surface area contributed by atoms with E-state index in [2.05, 4.69) is 9.71 Å². The third-order valence-corrected chi connectivity index (χ3v) is 6.14. The quantitative estimate of drug-likeness (QED) is 0.621. The Hall–Kier alpha value is -2.81. The van der Waals surface area contributed by atoms with E-state index in [0.29, 0.717) is 22.2 Å². The number of halogens is 1. The predicted octanol–water partition coefficient (Wildman–Crippen LogP) is 3.48. The number of hydrogen-bond donors (Lipinski definition) is 2. The van der Waals surface area contributed by atoms with E-state index in [1.54, 1.807) is 48.5 Å². The molecule has 3 N–H and O–H groups in total. The number of ether oxygens (including phenoxy) is 1. The van der Waals surface area contributed by atoms with Crippen LogP contribution in [-0.4, -0.2) is 32.5 Å². The summed E-state index contributed by atoms with van der Waals surface area (Å²) in [4.78, 5) is 6.43. The highest BCUT2D eigenvalue weighted by molar-refractivity contribution is 7.92. The highest BCUT2D eigenvalue weighted by Crippen LogP contribution is 2.29. The molecule has 2 heterocycles. The summed E-state index contributed by atoms with van der Waals surface area (Å²) in [5.41, 5.74) is 6.15. The largest absolute Gasteiger partial charge is 0.456 e. The Labute approximate surface area is 174 Å². The van der Waals surface area contributed by atoms with Crippen LogP contribution in [0.15, 0.2) is 71.8 Å². The van der Waals surface area contributed by atoms with E-state index in [0.717, 1.165) is 18.9 Å². The van der Waals surface area contributed by atoms with E-state index in [1.807, 2.05) is 4.90 Å². The van der Waals surface area contributed by atoms with Crippen LogP contribution in [0.2, 0.25) is 5.02 Å². The summed E-state index contributed by atoms with van der Waals surface area (Å²) < 4.78 is 33.5. The molecule has 0 radical (unpaired) electrons. The summed E-state index contributed by atoms with van der Waals surface area (Å²) in [6, 6.07) is 16.8. The van der Waals surface area contributed by atoms with Gasteiger partial charge >= 0.3 is 0 Å². The van der Waals surface area contributed by atoms with Gasteiger partial charge in [0.25, 0.3) is 10.0 Å². The Morgan fingerprint density at radius 2 is 1.79 bits per heavy atom. The van der Waals surface area contributed by atoms with E-state index in [-0.39, 0.29) is 10.9 Å². The molecule has 0 unspecified atom stereocenters. The van der Waals surface area contributed by atoms with Crippen molar-refractivity contribution in [3.8, 4) is 11.5 Å². The molecule has 4 rings (SSSR count). The summed E-state index contributed by atoms with van der Waals surface area (Å²) in [6.45, 7) is 1.50. The SMILES string of the molecule is NC1CN(c2ccc(NS(=O)(=O)c3ccc(Oc4ccccc4Cl)cc3)cn2)C1. The zero-order valence-electron chi connectivity index (χ0n) is 15.3. The molecule has 150 valence electrons. The van der Waals surface area contributed by atoms with Crippen molar-refractivity contribution in [3.63, 3.8) is 0 Å². The summed E-state index contributed by atoms with van der Waals surface area (Å²) in [7, 11) is -3.75. The number of anilines is 2. The molecule has 0 spiro atoms. The minimum Gasteiger partial charge on any atom is -0.456 e. The predicted molar refractivity (Wildman–Crippen MR) is 113 cm³/mol. The maximum absolute atomic E-state index is 12.6. The first-order valence-electron chi connectivity index (χ1n) is 8.92. The van der Waals surface area contributed by atoms with Gasteiger partial charge in [0.05, 0.1) is 21.8 Å². The molecule has 1 aromatic heterocycles. The number of hydrogen-bond acceptors (Lipinski definition) is 6. The Morgan fingerprint density at radius 1 is 1.07 bits per heavy atom. The minimum atomic E-state index is -3.75. The fourth-order valence-electron chi connectivity index (χ4n) is 2.89. The highest BCUT2D eigenvalue weighted by Gasteiger charge is 2.24. The number of rotatable bonds is 6. The standard InChI is InChI=1S/C20H19ClN4O3S/c21-18-3-1-2-4-19(18)28-16-6-8-17(9-7-16)29(26,27)24-15-5-10-20(23-11-15)25-12-14(22)13-25/h1-11,14,24H,12-13,22H2. The van der Waals surface area contributed by atoms with Crippen LogP contribution in [0.1, 0.15) is 0 Å². The van der Waals surface area contributed by atoms with Crippen LogP contribution >= 0.6 is 11.6 Å². The fourth-order valence-corrected chi connectivity index (χ4v) is 4.11. The molecular weight excluding hydrogens is 412 g/mol. The first-order chi connectivity index (χ1) is 13.9. The number of nitrogens with zero attached hydrogens (tertiary/aromatic N) is 2. The van der Waals surface area contributed by atoms with Crippen molar-refractivity contribution in [2.45, 2.75) is 10.9 Å². The molecule has 0 amide bonds. The molecular formula is C20H19ClN4O3S. The van der Waals surface area contributed by atoms with Crippen molar-refractivity contribution in [2.75, 3.05) is 22.7 Å². The van der Waals surface area contributed by atoms with Gasteiger partial charge in [-0.15, -0.1) is 0 Å². The number of pyridine rings is 1. The van der Waals surface area contributed by atoms with Gasteiger partial charge in [0.15, 0.2) is 0 Å². The summed E-state index contributed by atoms with van der Waals surface area (Å²) in [5, 5.41) is 0.474. The molecule has 0 saturated carbocycles. The van der Waals surface area contributed by atoms with Gasteiger partial charge in [0.2, 0.25) is 0 Å². The topological polar surface area (TPSA) is 97.6 Å². The number of benzene rings is 2. The molecule has 3 aromatic rings. The van der Waals surface area contributed by atoms with Crippen molar-refractivity contribution < 1.29 is 13.2 Å². The third kappa shape index (κ3) is 4.45. The van der Waals surface area contributed by atoms with E-state index in [4.69, 9.17) is 22.1 Å². The number of nitrogens with one attached hydrogen (secondary N) is 1. The Balaban J connectivity index is 1.44. The molecule has 0 atom stereocenters. The number of aromatic nitrogens is 1. The monoisotopic (exact) mass is 430 g/mol. The molecule has 0 aliphatic carbocycles. The molecule has 0 bridgehead atoms. The molecule has 29 heavy (non-hydrogen) atoms. The van der Waals surface area contributed by atoms with Crippen LogP contribution in [0.25, 0.3) is 0 Å². The molecule has 9 heteroatoms. The summed E-state index contributed by atoms with van der Waals surface area (Å²) in [5.74, 6) is 1.75. The van der Waals surface area contributed by atoms with Crippen LogP contribution in [0.3, 0.4) is 0 Å².